The normalized spacial score (nSPS) is 23.0. The van der Waals surface area contributed by atoms with Crippen molar-refractivity contribution >= 4 is 17.5 Å². The summed E-state index contributed by atoms with van der Waals surface area (Å²) in [6, 6.07) is 7.42. The van der Waals surface area contributed by atoms with Crippen molar-refractivity contribution in [3.63, 3.8) is 0 Å². The second kappa shape index (κ2) is 6.82. The standard InChI is InChI=1S/C19H26ClNO2/c1-19(10-2-3-11-19)18(23)21-12-8-15(9-13-21)17(22)14-4-6-16(20)7-5-14/h4-7,15,17,22H,2-3,8-13H2,1H3/t17-/m1/s1. The molecule has 2 aliphatic rings. The van der Waals surface area contributed by atoms with Gasteiger partial charge in [-0.3, -0.25) is 4.79 Å². The smallest absolute Gasteiger partial charge is 0.228 e. The van der Waals surface area contributed by atoms with Crippen LogP contribution in [0, 0.1) is 11.3 Å². The summed E-state index contributed by atoms with van der Waals surface area (Å²) in [7, 11) is 0. The van der Waals surface area contributed by atoms with E-state index < -0.39 is 6.10 Å². The van der Waals surface area contributed by atoms with E-state index in [0.29, 0.717) is 10.9 Å². The molecule has 1 aromatic rings. The number of benzene rings is 1. The van der Waals surface area contributed by atoms with Gasteiger partial charge in [0.05, 0.1) is 6.10 Å². The molecule has 1 aliphatic heterocycles. The number of hydrogen-bond donors (Lipinski definition) is 1. The van der Waals surface area contributed by atoms with Gasteiger partial charge in [-0.2, -0.15) is 0 Å². The van der Waals surface area contributed by atoms with Gasteiger partial charge in [0.1, 0.15) is 0 Å². The van der Waals surface area contributed by atoms with Crippen molar-refractivity contribution in [1.29, 1.82) is 0 Å². The molecule has 1 N–H and O–H groups in total. The minimum atomic E-state index is -0.466. The lowest BCUT2D eigenvalue weighted by Crippen LogP contribution is -2.45. The van der Waals surface area contributed by atoms with Crippen LogP contribution in [0.2, 0.25) is 5.02 Å². The molecule has 1 aromatic carbocycles. The number of rotatable bonds is 3. The maximum absolute atomic E-state index is 12.8. The summed E-state index contributed by atoms with van der Waals surface area (Å²) in [6.07, 6.45) is 5.67. The van der Waals surface area contributed by atoms with E-state index in [4.69, 9.17) is 11.6 Å². The van der Waals surface area contributed by atoms with Crippen LogP contribution in [0.1, 0.15) is 57.1 Å². The Bertz CT molecular complexity index is 543. The zero-order chi connectivity index (χ0) is 16.4. The van der Waals surface area contributed by atoms with E-state index in [0.717, 1.165) is 44.3 Å². The quantitative estimate of drug-likeness (QED) is 0.899. The lowest BCUT2D eigenvalue weighted by atomic mass is 9.84. The number of hydrogen-bond acceptors (Lipinski definition) is 2. The lowest BCUT2D eigenvalue weighted by molar-refractivity contribution is -0.143. The summed E-state index contributed by atoms with van der Waals surface area (Å²) in [5, 5.41) is 11.3. The van der Waals surface area contributed by atoms with Gasteiger partial charge >= 0.3 is 0 Å². The molecule has 1 amide bonds. The van der Waals surface area contributed by atoms with E-state index in [1.54, 1.807) is 0 Å². The van der Waals surface area contributed by atoms with Gasteiger partial charge in [-0.1, -0.05) is 43.5 Å². The summed E-state index contributed by atoms with van der Waals surface area (Å²) in [5.41, 5.74) is 0.781. The van der Waals surface area contributed by atoms with E-state index in [-0.39, 0.29) is 11.3 Å². The highest BCUT2D eigenvalue weighted by molar-refractivity contribution is 6.30. The molecule has 1 heterocycles. The fourth-order valence-corrected chi connectivity index (χ4v) is 4.23. The van der Waals surface area contributed by atoms with Crippen molar-refractivity contribution in [1.82, 2.24) is 4.90 Å². The molecule has 0 spiro atoms. The van der Waals surface area contributed by atoms with Gasteiger partial charge in [0.15, 0.2) is 0 Å². The molecule has 126 valence electrons. The predicted molar refractivity (Wildman–Crippen MR) is 92.3 cm³/mol. The molecule has 4 heteroatoms. The van der Waals surface area contributed by atoms with Crippen LogP contribution in [-0.4, -0.2) is 29.0 Å². The molecule has 3 rings (SSSR count). The van der Waals surface area contributed by atoms with Crippen LogP contribution >= 0.6 is 11.6 Å². The van der Waals surface area contributed by atoms with Gasteiger partial charge in [0.25, 0.3) is 0 Å². The first kappa shape index (κ1) is 16.8. The van der Waals surface area contributed by atoms with Gasteiger partial charge in [0.2, 0.25) is 5.91 Å². The first-order valence-corrected chi connectivity index (χ1v) is 9.10. The minimum absolute atomic E-state index is 0.137. The number of amides is 1. The molecule has 1 saturated carbocycles. The second-order valence-electron chi connectivity index (χ2n) is 7.39. The molecule has 0 unspecified atom stereocenters. The Hall–Kier alpha value is -1.06. The maximum Gasteiger partial charge on any atom is 0.228 e. The predicted octanol–water partition coefficient (Wildman–Crippen LogP) is 4.19. The van der Waals surface area contributed by atoms with E-state index >= 15 is 0 Å². The third kappa shape index (κ3) is 3.56. The number of piperidine rings is 1. The zero-order valence-corrected chi connectivity index (χ0v) is 14.6. The van der Waals surface area contributed by atoms with Crippen molar-refractivity contribution < 1.29 is 9.90 Å². The van der Waals surface area contributed by atoms with Crippen LogP contribution in [0.4, 0.5) is 0 Å². The molecular formula is C19H26ClNO2. The number of carbonyl (C=O) groups is 1. The van der Waals surface area contributed by atoms with Crippen molar-refractivity contribution in [2.24, 2.45) is 11.3 Å². The number of nitrogens with zero attached hydrogens (tertiary/aromatic N) is 1. The number of likely N-dealkylation sites (tertiary alicyclic amines) is 1. The van der Waals surface area contributed by atoms with E-state index in [9.17, 15) is 9.90 Å². The Labute approximate surface area is 143 Å². The molecule has 2 fully saturated rings. The molecule has 1 saturated heterocycles. The third-order valence-electron chi connectivity index (χ3n) is 5.71. The van der Waals surface area contributed by atoms with Crippen LogP contribution in [0.5, 0.6) is 0 Å². The Balaban J connectivity index is 1.57. The summed E-state index contributed by atoms with van der Waals surface area (Å²) >= 11 is 5.91. The van der Waals surface area contributed by atoms with E-state index in [2.05, 4.69) is 6.92 Å². The average molecular weight is 336 g/mol. The Kier molecular flexibility index (Phi) is 4.98. The molecule has 0 radical (unpaired) electrons. The summed E-state index contributed by atoms with van der Waals surface area (Å²) in [5.74, 6) is 0.547. The minimum Gasteiger partial charge on any atom is -0.388 e. The van der Waals surface area contributed by atoms with E-state index in [1.807, 2.05) is 29.2 Å². The summed E-state index contributed by atoms with van der Waals surface area (Å²) < 4.78 is 0. The van der Waals surface area contributed by atoms with Crippen molar-refractivity contribution in [2.45, 2.75) is 51.6 Å². The fourth-order valence-electron chi connectivity index (χ4n) is 4.10. The topological polar surface area (TPSA) is 40.5 Å². The monoisotopic (exact) mass is 335 g/mol. The summed E-state index contributed by atoms with van der Waals surface area (Å²) in [6.45, 7) is 3.66. The molecule has 3 nitrogen and oxygen atoms in total. The van der Waals surface area contributed by atoms with Crippen molar-refractivity contribution in [3.8, 4) is 0 Å². The first-order chi connectivity index (χ1) is 11.0. The highest BCUT2D eigenvalue weighted by Crippen LogP contribution is 2.40. The molecular weight excluding hydrogens is 310 g/mol. The van der Waals surface area contributed by atoms with Gasteiger partial charge in [0, 0.05) is 23.5 Å². The van der Waals surface area contributed by atoms with Crippen LogP contribution in [0.25, 0.3) is 0 Å². The fraction of sp³-hybridized carbons (Fsp3) is 0.632. The molecule has 0 aromatic heterocycles. The average Bonchev–Trinajstić information content (AvgIpc) is 3.02. The highest BCUT2D eigenvalue weighted by atomic mass is 35.5. The largest absolute Gasteiger partial charge is 0.388 e. The molecule has 1 aliphatic carbocycles. The number of carbonyl (C=O) groups excluding carboxylic acids is 1. The van der Waals surface area contributed by atoms with Crippen molar-refractivity contribution in [2.75, 3.05) is 13.1 Å². The third-order valence-corrected chi connectivity index (χ3v) is 5.96. The van der Waals surface area contributed by atoms with E-state index in [1.165, 1.54) is 12.8 Å². The number of aliphatic hydroxyl groups excluding tert-OH is 1. The highest BCUT2D eigenvalue weighted by Gasteiger charge is 2.40. The molecule has 0 bridgehead atoms. The Morgan fingerprint density at radius 3 is 2.35 bits per heavy atom. The van der Waals surface area contributed by atoms with Crippen LogP contribution in [-0.2, 0) is 4.79 Å². The molecule has 1 atom stereocenters. The van der Waals surface area contributed by atoms with Gasteiger partial charge in [-0.15, -0.1) is 0 Å². The van der Waals surface area contributed by atoms with Crippen LogP contribution in [0.15, 0.2) is 24.3 Å². The maximum atomic E-state index is 12.8. The number of aliphatic hydroxyl groups is 1. The van der Waals surface area contributed by atoms with Crippen LogP contribution < -0.4 is 0 Å². The SMILES string of the molecule is CC1(C(=O)N2CCC([C@H](O)c3ccc(Cl)cc3)CC2)CCCC1. The van der Waals surface area contributed by atoms with Crippen LogP contribution in [0.3, 0.4) is 0 Å². The Morgan fingerprint density at radius 2 is 1.78 bits per heavy atom. The van der Waals surface area contributed by atoms with Gasteiger partial charge < -0.3 is 10.0 Å². The van der Waals surface area contributed by atoms with Gasteiger partial charge in [-0.25, -0.2) is 0 Å². The second-order valence-corrected chi connectivity index (χ2v) is 7.83. The number of halogens is 1. The molecule has 23 heavy (non-hydrogen) atoms. The Morgan fingerprint density at radius 1 is 1.22 bits per heavy atom. The van der Waals surface area contributed by atoms with Gasteiger partial charge in [-0.05, 0) is 49.3 Å². The zero-order valence-electron chi connectivity index (χ0n) is 13.8. The summed E-state index contributed by atoms with van der Waals surface area (Å²) in [4.78, 5) is 14.8. The van der Waals surface area contributed by atoms with Crippen molar-refractivity contribution in [3.05, 3.63) is 34.9 Å². The lowest BCUT2D eigenvalue weighted by Gasteiger charge is -2.38. The first-order valence-electron chi connectivity index (χ1n) is 8.72.